The van der Waals surface area contributed by atoms with Crippen LogP contribution in [0, 0.1) is 25.7 Å². The number of hydrogen-bond donors (Lipinski definition) is 3. The lowest BCUT2D eigenvalue weighted by molar-refractivity contribution is -0.149. The Morgan fingerprint density at radius 1 is 1.12 bits per heavy atom. The van der Waals surface area contributed by atoms with Crippen LogP contribution in [0.3, 0.4) is 0 Å². The molecule has 1 aromatic carbocycles. The smallest absolute Gasteiger partial charge is 0.307 e. The molecule has 1 saturated carbocycles. The highest BCUT2D eigenvalue weighted by Gasteiger charge is 2.35. The Balaban J connectivity index is 1.80. The second-order valence-electron chi connectivity index (χ2n) is 6.43. The highest BCUT2D eigenvalue weighted by molar-refractivity contribution is 5.87. The van der Waals surface area contributed by atoms with E-state index in [1.165, 1.54) is 0 Å². The van der Waals surface area contributed by atoms with Crippen LogP contribution in [-0.2, 0) is 14.4 Å². The molecule has 0 spiro atoms. The van der Waals surface area contributed by atoms with Crippen molar-refractivity contribution in [3.05, 3.63) is 29.3 Å². The number of rotatable bonds is 5. The van der Waals surface area contributed by atoms with Crippen molar-refractivity contribution in [2.75, 3.05) is 6.61 Å². The summed E-state index contributed by atoms with van der Waals surface area (Å²) in [6.07, 6.45) is 2.61. The molecule has 1 aliphatic rings. The third-order valence-corrected chi connectivity index (χ3v) is 4.43. The molecule has 2 unspecified atom stereocenters. The van der Waals surface area contributed by atoms with E-state index in [1.54, 1.807) is 6.07 Å². The van der Waals surface area contributed by atoms with E-state index in [2.05, 4.69) is 10.9 Å². The Morgan fingerprint density at radius 2 is 1.80 bits per heavy atom. The van der Waals surface area contributed by atoms with Crippen LogP contribution in [0.25, 0.3) is 0 Å². The maximum atomic E-state index is 12.2. The Morgan fingerprint density at radius 3 is 2.44 bits per heavy atom. The van der Waals surface area contributed by atoms with Gasteiger partial charge in [0.15, 0.2) is 6.61 Å². The maximum absolute atomic E-state index is 12.2. The molecular weight excluding hydrogens is 324 g/mol. The van der Waals surface area contributed by atoms with Crippen LogP contribution in [0.4, 0.5) is 0 Å². The van der Waals surface area contributed by atoms with E-state index in [-0.39, 0.29) is 6.61 Å². The second kappa shape index (κ2) is 8.50. The summed E-state index contributed by atoms with van der Waals surface area (Å²) in [5, 5.41) is 9.20. The first-order valence-corrected chi connectivity index (χ1v) is 8.40. The summed E-state index contributed by atoms with van der Waals surface area (Å²) in [6, 6.07) is 5.62. The summed E-state index contributed by atoms with van der Waals surface area (Å²) in [5.74, 6) is -2.65. The van der Waals surface area contributed by atoms with Crippen LogP contribution in [0.2, 0.25) is 0 Å². The normalized spacial score (nSPS) is 19.8. The lowest BCUT2D eigenvalue weighted by Gasteiger charge is -2.27. The van der Waals surface area contributed by atoms with Crippen molar-refractivity contribution < 1.29 is 24.2 Å². The average molecular weight is 348 g/mol. The van der Waals surface area contributed by atoms with Crippen LogP contribution in [0.5, 0.6) is 5.75 Å². The van der Waals surface area contributed by atoms with E-state index in [0.717, 1.165) is 24.0 Å². The summed E-state index contributed by atoms with van der Waals surface area (Å²) < 4.78 is 5.43. The Hall–Kier alpha value is -2.57. The van der Waals surface area contributed by atoms with Crippen molar-refractivity contribution in [2.24, 2.45) is 11.8 Å². The number of nitrogens with one attached hydrogen (secondary N) is 2. The molecule has 0 aromatic heterocycles. The van der Waals surface area contributed by atoms with Crippen molar-refractivity contribution in [1.29, 1.82) is 0 Å². The van der Waals surface area contributed by atoms with Gasteiger partial charge in [-0.2, -0.15) is 0 Å². The summed E-state index contributed by atoms with van der Waals surface area (Å²) >= 11 is 0. The monoisotopic (exact) mass is 348 g/mol. The molecule has 3 N–H and O–H groups in total. The molecule has 2 atom stereocenters. The van der Waals surface area contributed by atoms with Gasteiger partial charge in [-0.05, 0) is 38.3 Å². The van der Waals surface area contributed by atoms with Gasteiger partial charge in [0, 0.05) is 0 Å². The van der Waals surface area contributed by atoms with Gasteiger partial charge < -0.3 is 9.84 Å². The summed E-state index contributed by atoms with van der Waals surface area (Å²) in [5.41, 5.74) is 6.62. The number of amides is 2. The van der Waals surface area contributed by atoms with E-state index in [0.29, 0.717) is 18.6 Å². The lowest BCUT2D eigenvalue weighted by Crippen LogP contribution is -2.49. The van der Waals surface area contributed by atoms with Gasteiger partial charge in [0.2, 0.25) is 5.91 Å². The van der Waals surface area contributed by atoms with E-state index in [1.807, 2.05) is 26.0 Å². The quantitative estimate of drug-likeness (QED) is 0.703. The minimum Gasteiger partial charge on any atom is -0.483 e. The first-order chi connectivity index (χ1) is 11.9. The summed E-state index contributed by atoms with van der Waals surface area (Å²) in [6.45, 7) is 3.61. The second-order valence-corrected chi connectivity index (χ2v) is 6.43. The predicted molar refractivity (Wildman–Crippen MR) is 90.8 cm³/mol. The van der Waals surface area contributed by atoms with Crippen LogP contribution < -0.4 is 15.6 Å². The Bertz CT molecular complexity index is 659. The van der Waals surface area contributed by atoms with Crippen molar-refractivity contribution in [2.45, 2.75) is 39.5 Å². The molecule has 0 heterocycles. The summed E-state index contributed by atoms with van der Waals surface area (Å²) in [4.78, 5) is 35.2. The van der Waals surface area contributed by atoms with Gasteiger partial charge in [0.1, 0.15) is 5.75 Å². The number of ether oxygens (including phenoxy) is 1. The molecule has 2 amide bonds. The molecule has 2 rings (SSSR count). The van der Waals surface area contributed by atoms with Crippen LogP contribution >= 0.6 is 0 Å². The number of aryl methyl sites for hydroxylation is 2. The zero-order valence-corrected chi connectivity index (χ0v) is 14.5. The molecule has 0 saturated heterocycles. The molecule has 0 bridgehead atoms. The van der Waals surface area contributed by atoms with Gasteiger partial charge in [-0.25, -0.2) is 0 Å². The number of aliphatic carboxylic acids is 1. The van der Waals surface area contributed by atoms with E-state index < -0.39 is 29.6 Å². The maximum Gasteiger partial charge on any atom is 0.307 e. The van der Waals surface area contributed by atoms with Gasteiger partial charge in [0.05, 0.1) is 11.8 Å². The third-order valence-electron chi connectivity index (χ3n) is 4.43. The van der Waals surface area contributed by atoms with Gasteiger partial charge in [-0.15, -0.1) is 0 Å². The van der Waals surface area contributed by atoms with E-state index >= 15 is 0 Å². The number of hydrazine groups is 1. The van der Waals surface area contributed by atoms with Gasteiger partial charge in [0.25, 0.3) is 5.91 Å². The van der Waals surface area contributed by atoms with Crippen molar-refractivity contribution in [3.63, 3.8) is 0 Å². The fourth-order valence-electron chi connectivity index (χ4n) is 3.10. The molecule has 7 heteroatoms. The molecule has 7 nitrogen and oxygen atoms in total. The van der Waals surface area contributed by atoms with E-state index in [9.17, 15) is 19.5 Å². The topological polar surface area (TPSA) is 105 Å². The van der Waals surface area contributed by atoms with E-state index in [4.69, 9.17) is 4.74 Å². The van der Waals surface area contributed by atoms with Crippen molar-refractivity contribution >= 4 is 17.8 Å². The number of carbonyl (C=O) groups excluding carboxylic acids is 2. The van der Waals surface area contributed by atoms with Crippen molar-refractivity contribution in [3.8, 4) is 5.75 Å². The average Bonchev–Trinajstić information content (AvgIpc) is 2.58. The molecule has 1 aliphatic carbocycles. The molecule has 0 aliphatic heterocycles. The molecule has 25 heavy (non-hydrogen) atoms. The molecular formula is C18H24N2O5. The number of carboxylic acid groups (broad SMARTS) is 1. The fourth-order valence-corrected chi connectivity index (χ4v) is 3.10. The number of benzene rings is 1. The van der Waals surface area contributed by atoms with Gasteiger partial charge in [-0.1, -0.05) is 30.5 Å². The first kappa shape index (κ1) is 18.8. The number of carbonyl (C=O) groups is 3. The highest BCUT2D eigenvalue weighted by Crippen LogP contribution is 2.30. The number of hydrogen-bond acceptors (Lipinski definition) is 4. The predicted octanol–water partition coefficient (Wildman–Crippen LogP) is 1.72. The zero-order chi connectivity index (χ0) is 18.4. The van der Waals surface area contributed by atoms with Crippen LogP contribution in [-0.4, -0.2) is 29.5 Å². The van der Waals surface area contributed by atoms with Gasteiger partial charge in [-0.3, -0.25) is 25.2 Å². The lowest BCUT2D eigenvalue weighted by atomic mass is 9.79. The highest BCUT2D eigenvalue weighted by atomic mass is 16.5. The largest absolute Gasteiger partial charge is 0.483 e. The number of carboxylic acids is 1. The Labute approximate surface area is 146 Å². The van der Waals surface area contributed by atoms with Crippen LogP contribution in [0.15, 0.2) is 18.2 Å². The minimum absolute atomic E-state index is 0.239. The SMILES string of the molecule is Cc1ccc(OCC(=O)NNC(=O)C2CCCCC2C(=O)O)c(C)c1. The molecule has 136 valence electrons. The van der Waals surface area contributed by atoms with Crippen LogP contribution in [0.1, 0.15) is 36.8 Å². The third kappa shape index (κ3) is 5.20. The van der Waals surface area contributed by atoms with Gasteiger partial charge >= 0.3 is 5.97 Å². The standard InChI is InChI=1S/C18H24N2O5/c1-11-7-8-15(12(2)9-11)25-10-16(21)19-20-17(22)13-5-3-4-6-14(13)18(23)24/h7-9,13-14H,3-6,10H2,1-2H3,(H,19,21)(H,20,22)(H,23,24). The molecule has 0 radical (unpaired) electrons. The summed E-state index contributed by atoms with van der Waals surface area (Å²) in [7, 11) is 0. The minimum atomic E-state index is -0.968. The zero-order valence-electron chi connectivity index (χ0n) is 14.5. The van der Waals surface area contributed by atoms with Crippen molar-refractivity contribution in [1.82, 2.24) is 10.9 Å². The molecule has 1 aromatic rings. The first-order valence-electron chi connectivity index (χ1n) is 8.40. The Kier molecular flexibility index (Phi) is 6.38. The fraction of sp³-hybridized carbons (Fsp3) is 0.500. The molecule has 1 fully saturated rings.